The SMILES string of the molecule is O=C(NC[C@H]1CCC[C@@H](CNC(=O)Nc2nc3ccccc3s2)C1)Nc1nc2ccccc2s1. The topological polar surface area (TPSA) is 108 Å². The number of urea groups is 2. The summed E-state index contributed by atoms with van der Waals surface area (Å²) in [5.41, 5.74) is 1.77. The highest BCUT2D eigenvalue weighted by Gasteiger charge is 2.23. The zero-order chi connectivity index (χ0) is 23.3. The molecule has 1 saturated carbocycles. The highest BCUT2D eigenvalue weighted by atomic mass is 32.1. The van der Waals surface area contributed by atoms with Crippen LogP contribution in [0.4, 0.5) is 19.9 Å². The number of fused-ring (bicyclic) bond motifs is 2. The molecule has 0 spiro atoms. The molecule has 0 radical (unpaired) electrons. The standard InChI is InChI=1S/C24H26N6O2S2/c31-21(29-23-27-17-8-1-3-10-19(17)33-23)25-13-15-6-5-7-16(12-15)14-26-22(32)30-24-28-18-9-2-4-11-20(18)34-24/h1-4,8-11,15-16H,5-7,12-14H2,(H2,25,27,29,31)(H2,26,28,30,32)/t15-,16+. The summed E-state index contributed by atoms with van der Waals surface area (Å²) in [4.78, 5) is 33.6. The molecule has 4 aromatic rings. The Morgan fingerprint density at radius 3 is 1.71 bits per heavy atom. The summed E-state index contributed by atoms with van der Waals surface area (Å²) >= 11 is 2.93. The molecule has 4 N–H and O–H groups in total. The molecule has 0 unspecified atom stereocenters. The van der Waals surface area contributed by atoms with Gasteiger partial charge < -0.3 is 10.6 Å². The van der Waals surface area contributed by atoms with Crippen molar-refractivity contribution in [3.63, 3.8) is 0 Å². The van der Waals surface area contributed by atoms with Crippen molar-refractivity contribution in [1.82, 2.24) is 20.6 Å². The lowest BCUT2D eigenvalue weighted by Crippen LogP contribution is -2.38. The lowest BCUT2D eigenvalue weighted by Gasteiger charge is -2.29. The highest BCUT2D eigenvalue weighted by Crippen LogP contribution is 2.29. The molecule has 0 aliphatic heterocycles. The van der Waals surface area contributed by atoms with Crippen LogP contribution in [0.2, 0.25) is 0 Å². The highest BCUT2D eigenvalue weighted by molar-refractivity contribution is 7.22. The van der Waals surface area contributed by atoms with Crippen molar-refractivity contribution < 1.29 is 9.59 Å². The van der Waals surface area contributed by atoms with Gasteiger partial charge in [-0.3, -0.25) is 10.6 Å². The Morgan fingerprint density at radius 1 is 0.765 bits per heavy atom. The van der Waals surface area contributed by atoms with Gasteiger partial charge in [-0.05, 0) is 55.4 Å². The molecule has 8 nitrogen and oxygen atoms in total. The van der Waals surface area contributed by atoms with Crippen molar-refractivity contribution in [2.45, 2.75) is 25.7 Å². The lowest BCUT2D eigenvalue weighted by atomic mass is 9.81. The second kappa shape index (κ2) is 10.4. The molecule has 1 aliphatic rings. The molecule has 0 saturated heterocycles. The van der Waals surface area contributed by atoms with Gasteiger partial charge in [0.05, 0.1) is 20.4 Å². The van der Waals surface area contributed by atoms with Gasteiger partial charge >= 0.3 is 12.1 Å². The third kappa shape index (κ3) is 5.63. The average Bonchev–Trinajstić information content (AvgIpc) is 3.44. The molecule has 1 fully saturated rings. The number of aromatic nitrogens is 2. The predicted molar refractivity (Wildman–Crippen MR) is 139 cm³/mol. The molecule has 1 aliphatic carbocycles. The van der Waals surface area contributed by atoms with Gasteiger partial charge in [-0.2, -0.15) is 0 Å². The van der Waals surface area contributed by atoms with Gasteiger partial charge in [0.25, 0.3) is 0 Å². The largest absolute Gasteiger partial charge is 0.338 e. The van der Waals surface area contributed by atoms with Crippen LogP contribution in [0.25, 0.3) is 20.4 Å². The summed E-state index contributed by atoms with van der Waals surface area (Å²) in [6.45, 7) is 1.23. The van der Waals surface area contributed by atoms with Gasteiger partial charge in [-0.25, -0.2) is 19.6 Å². The summed E-state index contributed by atoms with van der Waals surface area (Å²) in [6.07, 6.45) is 4.23. The molecule has 2 heterocycles. The van der Waals surface area contributed by atoms with Crippen LogP contribution in [0, 0.1) is 11.8 Å². The summed E-state index contributed by atoms with van der Waals surface area (Å²) in [7, 11) is 0. The minimum absolute atomic E-state index is 0.227. The molecule has 176 valence electrons. The van der Waals surface area contributed by atoms with Crippen LogP contribution in [0.3, 0.4) is 0 Å². The van der Waals surface area contributed by atoms with E-state index in [1.165, 1.54) is 22.7 Å². The predicted octanol–water partition coefficient (Wildman–Crippen LogP) is 5.66. The third-order valence-corrected chi connectivity index (χ3v) is 7.93. The number of rotatable bonds is 6. The molecule has 4 amide bonds. The molecular weight excluding hydrogens is 468 g/mol. The van der Waals surface area contributed by atoms with Gasteiger partial charge in [0.15, 0.2) is 10.3 Å². The van der Waals surface area contributed by atoms with E-state index < -0.39 is 0 Å². The monoisotopic (exact) mass is 494 g/mol. The normalized spacial score (nSPS) is 18.0. The maximum absolute atomic E-state index is 12.3. The summed E-state index contributed by atoms with van der Waals surface area (Å²) in [6, 6.07) is 15.2. The van der Waals surface area contributed by atoms with E-state index in [1.807, 2.05) is 48.5 Å². The van der Waals surface area contributed by atoms with Crippen LogP contribution >= 0.6 is 22.7 Å². The number of carbonyl (C=O) groups is 2. The number of hydrogen-bond donors (Lipinski definition) is 4. The number of para-hydroxylation sites is 2. The first-order valence-electron chi connectivity index (χ1n) is 11.4. The van der Waals surface area contributed by atoms with Crippen LogP contribution < -0.4 is 21.3 Å². The Labute approximate surface area is 205 Å². The second-order valence-corrected chi connectivity index (χ2v) is 10.6. The van der Waals surface area contributed by atoms with Gasteiger partial charge in [0.1, 0.15) is 0 Å². The van der Waals surface area contributed by atoms with Gasteiger partial charge in [-0.1, -0.05) is 53.4 Å². The zero-order valence-corrected chi connectivity index (χ0v) is 20.2. The van der Waals surface area contributed by atoms with Gasteiger partial charge in [-0.15, -0.1) is 0 Å². The number of amides is 4. The summed E-state index contributed by atoms with van der Waals surface area (Å²) in [5, 5.41) is 12.9. The molecule has 2 aromatic heterocycles. The maximum atomic E-state index is 12.3. The molecule has 5 rings (SSSR count). The minimum atomic E-state index is -0.227. The van der Waals surface area contributed by atoms with Gasteiger partial charge in [0, 0.05) is 13.1 Å². The van der Waals surface area contributed by atoms with Crippen molar-refractivity contribution in [2.24, 2.45) is 11.8 Å². The fraction of sp³-hybridized carbons (Fsp3) is 0.333. The first-order chi connectivity index (χ1) is 16.6. The molecule has 2 aromatic carbocycles. The van der Waals surface area contributed by atoms with E-state index in [4.69, 9.17) is 0 Å². The quantitative estimate of drug-likeness (QED) is 0.277. The number of anilines is 2. The molecule has 2 atom stereocenters. The van der Waals surface area contributed by atoms with Crippen molar-refractivity contribution in [2.75, 3.05) is 23.7 Å². The van der Waals surface area contributed by atoms with E-state index in [1.54, 1.807) is 0 Å². The van der Waals surface area contributed by atoms with Crippen molar-refractivity contribution in [1.29, 1.82) is 0 Å². The van der Waals surface area contributed by atoms with E-state index in [9.17, 15) is 9.59 Å². The molecule has 10 heteroatoms. The van der Waals surface area contributed by atoms with E-state index >= 15 is 0 Å². The van der Waals surface area contributed by atoms with Crippen molar-refractivity contribution in [3.05, 3.63) is 48.5 Å². The zero-order valence-electron chi connectivity index (χ0n) is 18.5. The maximum Gasteiger partial charge on any atom is 0.321 e. The number of thiazole rings is 2. The van der Waals surface area contributed by atoms with E-state index in [2.05, 4.69) is 31.2 Å². The van der Waals surface area contributed by atoms with Crippen LogP contribution in [-0.2, 0) is 0 Å². The average molecular weight is 495 g/mol. The van der Waals surface area contributed by atoms with Crippen LogP contribution in [-0.4, -0.2) is 35.1 Å². The van der Waals surface area contributed by atoms with Crippen LogP contribution in [0.5, 0.6) is 0 Å². The Hall–Kier alpha value is -3.24. The minimum Gasteiger partial charge on any atom is -0.338 e. The van der Waals surface area contributed by atoms with Crippen molar-refractivity contribution in [3.8, 4) is 0 Å². The first-order valence-corrected chi connectivity index (χ1v) is 13.1. The van der Waals surface area contributed by atoms with Crippen LogP contribution in [0.15, 0.2) is 48.5 Å². The van der Waals surface area contributed by atoms with E-state index in [0.717, 1.165) is 46.1 Å². The first kappa shape index (κ1) is 22.5. The molecule has 0 bridgehead atoms. The third-order valence-electron chi connectivity index (χ3n) is 6.02. The number of nitrogens with one attached hydrogen (secondary N) is 4. The van der Waals surface area contributed by atoms with E-state index in [-0.39, 0.29) is 12.1 Å². The fourth-order valence-electron chi connectivity index (χ4n) is 4.38. The van der Waals surface area contributed by atoms with Gasteiger partial charge in [0.2, 0.25) is 0 Å². The summed E-state index contributed by atoms with van der Waals surface area (Å²) < 4.78 is 2.10. The number of carbonyl (C=O) groups excluding carboxylic acids is 2. The Balaban J connectivity index is 1.04. The Morgan fingerprint density at radius 2 is 1.24 bits per heavy atom. The second-order valence-electron chi connectivity index (χ2n) is 8.54. The summed E-state index contributed by atoms with van der Waals surface area (Å²) in [5.74, 6) is 0.794. The van der Waals surface area contributed by atoms with E-state index in [0.29, 0.717) is 35.2 Å². The van der Waals surface area contributed by atoms with Crippen molar-refractivity contribution >= 4 is 65.4 Å². The number of nitrogens with zero attached hydrogens (tertiary/aromatic N) is 2. The number of benzene rings is 2. The Bertz CT molecular complexity index is 1140. The molecular formula is C24H26N6O2S2. The smallest absolute Gasteiger partial charge is 0.321 e. The lowest BCUT2D eigenvalue weighted by molar-refractivity contribution is 0.230. The fourth-order valence-corrected chi connectivity index (χ4v) is 6.10. The number of hydrogen-bond acceptors (Lipinski definition) is 6. The Kier molecular flexibility index (Phi) is 6.87. The molecule has 34 heavy (non-hydrogen) atoms. The van der Waals surface area contributed by atoms with Crippen LogP contribution in [0.1, 0.15) is 25.7 Å².